The van der Waals surface area contributed by atoms with Crippen LogP contribution >= 0.6 is 12.2 Å². The second-order valence-corrected chi connectivity index (χ2v) is 9.19. The van der Waals surface area contributed by atoms with Crippen LogP contribution in [0.2, 0.25) is 0 Å². The van der Waals surface area contributed by atoms with Gasteiger partial charge in [0, 0.05) is 30.2 Å². The van der Waals surface area contributed by atoms with Crippen molar-refractivity contribution in [2.75, 3.05) is 26.4 Å². The van der Waals surface area contributed by atoms with Crippen LogP contribution in [0.15, 0.2) is 53.3 Å². The molecule has 178 valence electrons. The number of nitrogens with zero attached hydrogens (tertiary/aromatic N) is 1. The average molecular weight is 480 g/mol. The van der Waals surface area contributed by atoms with Crippen LogP contribution in [0.4, 0.5) is 0 Å². The first-order valence-corrected chi connectivity index (χ1v) is 12.2. The summed E-state index contributed by atoms with van der Waals surface area (Å²) in [6.07, 6.45) is 2.14. The molecule has 0 amide bonds. The summed E-state index contributed by atoms with van der Waals surface area (Å²) in [6.45, 7) is 4.88. The summed E-state index contributed by atoms with van der Waals surface area (Å²) in [5.74, 6) is 1.35. The van der Waals surface area contributed by atoms with E-state index in [-0.39, 0.29) is 17.7 Å². The zero-order valence-corrected chi connectivity index (χ0v) is 20.0. The van der Waals surface area contributed by atoms with Crippen molar-refractivity contribution in [3.63, 3.8) is 0 Å². The number of ether oxygens (including phenoxy) is 3. The van der Waals surface area contributed by atoms with E-state index in [0.29, 0.717) is 48.5 Å². The number of pyridine rings is 1. The lowest BCUT2D eigenvalue weighted by Crippen LogP contribution is -2.44. The van der Waals surface area contributed by atoms with Gasteiger partial charge in [-0.3, -0.25) is 4.79 Å². The van der Waals surface area contributed by atoms with E-state index in [9.17, 15) is 4.79 Å². The van der Waals surface area contributed by atoms with Crippen molar-refractivity contribution < 1.29 is 14.2 Å². The minimum atomic E-state index is -0.138. The SMILES string of the molecule is C[C@@H](NC(=S)N(Cc1cc2cc3c(cc2[nH]c1=O)OCCO3)C[C@H]1CCCO1)c1ccccc1. The first-order valence-electron chi connectivity index (χ1n) is 11.7. The maximum Gasteiger partial charge on any atom is 0.253 e. The fourth-order valence-electron chi connectivity index (χ4n) is 4.47. The normalized spacial score (nSPS) is 18.0. The molecule has 1 aromatic heterocycles. The monoisotopic (exact) mass is 479 g/mol. The van der Waals surface area contributed by atoms with Gasteiger partial charge in [0.15, 0.2) is 16.6 Å². The lowest BCUT2D eigenvalue weighted by Gasteiger charge is -2.30. The van der Waals surface area contributed by atoms with E-state index in [1.165, 1.54) is 0 Å². The highest BCUT2D eigenvalue weighted by Crippen LogP contribution is 2.33. The fourth-order valence-corrected chi connectivity index (χ4v) is 4.78. The number of fused-ring (bicyclic) bond motifs is 2. The molecule has 1 saturated heterocycles. The smallest absolute Gasteiger partial charge is 0.253 e. The molecule has 0 radical (unpaired) electrons. The zero-order valence-electron chi connectivity index (χ0n) is 19.2. The Morgan fingerprint density at radius 2 is 1.91 bits per heavy atom. The predicted octanol–water partition coefficient (Wildman–Crippen LogP) is 3.92. The number of aromatic nitrogens is 1. The number of H-pyrrole nitrogens is 1. The molecule has 0 spiro atoms. The first-order chi connectivity index (χ1) is 16.6. The van der Waals surface area contributed by atoms with E-state index in [2.05, 4.69) is 29.4 Å². The molecule has 2 atom stereocenters. The molecule has 2 N–H and O–H groups in total. The van der Waals surface area contributed by atoms with Crippen LogP contribution in [0.1, 0.15) is 36.9 Å². The molecule has 0 saturated carbocycles. The summed E-state index contributed by atoms with van der Waals surface area (Å²) < 4.78 is 17.2. The van der Waals surface area contributed by atoms with Gasteiger partial charge in [0.25, 0.3) is 5.56 Å². The number of benzene rings is 2. The van der Waals surface area contributed by atoms with Gasteiger partial charge in [-0.2, -0.15) is 0 Å². The highest BCUT2D eigenvalue weighted by atomic mass is 32.1. The Balaban J connectivity index is 1.40. The van der Waals surface area contributed by atoms with Crippen molar-refractivity contribution in [1.82, 2.24) is 15.2 Å². The second kappa shape index (κ2) is 10.0. The molecule has 0 bridgehead atoms. The summed E-state index contributed by atoms with van der Waals surface area (Å²) in [4.78, 5) is 18.0. The fraction of sp³-hybridized carbons (Fsp3) is 0.385. The minimum Gasteiger partial charge on any atom is -0.486 e. The summed E-state index contributed by atoms with van der Waals surface area (Å²) in [5.41, 5.74) is 2.37. The van der Waals surface area contributed by atoms with Gasteiger partial charge in [-0.1, -0.05) is 30.3 Å². The van der Waals surface area contributed by atoms with Crippen LogP contribution in [0, 0.1) is 0 Å². The zero-order chi connectivity index (χ0) is 23.5. The predicted molar refractivity (Wildman–Crippen MR) is 136 cm³/mol. The third kappa shape index (κ3) is 5.03. The number of hydrogen-bond donors (Lipinski definition) is 2. The van der Waals surface area contributed by atoms with Crippen molar-refractivity contribution >= 4 is 28.2 Å². The van der Waals surface area contributed by atoms with Crippen LogP contribution in [0.25, 0.3) is 10.9 Å². The van der Waals surface area contributed by atoms with Gasteiger partial charge in [0.05, 0.1) is 24.2 Å². The van der Waals surface area contributed by atoms with E-state index in [1.807, 2.05) is 41.3 Å². The Bertz CT molecular complexity index is 1220. The molecule has 8 heteroatoms. The van der Waals surface area contributed by atoms with E-state index in [1.54, 1.807) is 0 Å². The van der Waals surface area contributed by atoms with E-state index >= 15 is 0 Å². The topological polar surface area (TPSA) is 75.8 Å². The van der Waals surface area contributed by atoms with Crippen molar-refractivity contribution in [3.8, 4) is 11.5 Å². The lowest BCUT2D eigenvalue weighted by atomic mass is 10.1. The quantitative estimate of drug-likeness (QED) is 0.519. The molecule has 3 heterocycles. The molecule has 2 aliphatic heterocycles. The van der Waals surface area contributed by atoms with Gasteiger partial charge in [0.2, 0.25) is 0 Å². The van der Waals surface area contributed by atoms with Gasteiger partial charge in [-0.05, 0) is 49.7 Å². The summed E-state index contributed by atoms with van der Waals surface area (Å²) >= 11 is 5.82. The largest absolute Gasteiger partial charge is 0.486 e. The molecular formula is C26H29N3O4S. The third-order valence-corrected chi connectivity index (χ3v) is 6.70. The Morgan fingerprint density at radius 1 is 1.15 bits per heavy atom. The highest BCUT2D eigenvalue weighted by Gasteiger charge is 2.23. The Labute approximate surface area is 204 Å². The van der Waals surface area contributed by atoms with Gasteiger partial charge in [0.1, 0.15) is 13.2 Å². The molecule has 34 heavy (non-hydrogen) atoms. The summed E-state index contributed by atoms with van der Waals surface area (Å²) in [7, 11) is 0. The van der Waals surface area contributed by atoms with E-state index in [4.69, 9.17) is 26.4 Å². The second-order valence-electron chi connectivity index (χ2n) is 8.80. The molecule has 2 aliphatic rings. The number of nitrogens with one attached hydrogen (secondary N) is 2. The Hall–Kier alpha value is -3.10. The van der Waals surface area contributed by atoms with Crippen molar-refractivity contribution in [3.05, 3.63) is 70.0 Å². The minimum absolute atomic E-state index is 0.0410. The summed E-state index contributed by atoms with van der Waals surface area (Å²) in [5, 5.41) is 4.94. The van der Waals surface area contributed by atoms with Gasteiger partial charge in [-0.25, -0.2) is 0 Å². The number of thiocarbonyl (C=S) groups is 1. The standard InChI is InChI=1S/C26H29N3O4S/c1-17(18-6-3-2-4-7-18)27-26(34)29(16-21-8-5-9-31-21)15-20-12-19-13-23-24(33-11-10-32-23)14-22(19)28-25(20)30/h2-4,6-7,12-14,17,21H,5,8-11,15-16H2,1H3,(H,27,34)(H,28,30)/t17-,21-/m1/s1. The van der Waals surface area contributed by atoms with Crippen LogP contribution in [-0.4, -0.2) is 47.5 Å². The molecule has 5 rings (SSSR count). The first kappa shape index (κ1) is 22.7. The van der Waals surface area contributed by atoms with Crippen molar-refractivity contribution in [2.45, 2.75) is 38.5 Å². The van der Waals surface area contributed by atoms with E-state index < -0.39 is 0 Å². The van der Waals surface area contributed by atoms with Gasteiger partial charge < -0.3 is 29.4 Å². The molecule has 1 fully saturated rings. The molecule has 0 aliphatic carbocycles. The number of aromatic amines is 1. The highest BCUT2D eigenvalue weighted by molar-refractivity contribution is 7.80. The molecule has 0 unspecified atom stereocenters. The molecule has 3 aromatic rings. The van der Waals surface area contributed by atoms with Crippen molar-refractivity contribution in [2.24, 2.45) is 0 Å². The van der Waals surface area contributed by atoms with Crippen LogP contribution in [0.5, 0.6) is 11.5 Å². The van der Waals surface area contributed by atoms with Crippen LogP contribution in [0.3, 0.4) is 0 Å². The van der Waals surface area contributed by atoms with Crippen molar-refractivity contribution in [1.29, 1.82) is 0 Å². The third-order valence-electron chi connectivity index (χ3n) is 6.32. The van der Waals surface area contributed by atoms with Gasteiger partial charge >= 0.3 is 0 Å². The Kier molecular flexibility index (Phi) is 6.69. The molecule has 7 nitrogen and oxygen atoms in total. The molecule has 2 aromatic carbocycles. The van der Waals surface area contributed by atoms with Gasteiger partial charge in [-0.15, -0.1) is 0 Å². The number of hydrogen-bond acceptors (Lipinski definition) is 5. The summed E-state index contributed by atoms with van der Waals surface area (Å²) in [6, 6.07) is 15.9. The number of rotatable bonds is 6. The van der Waals surface area contributed by atoms with E-state index in [0.717, 1.165) is 35.9 Å². The molecular weight excluding hydrogens is 450 g/mol. The van der Waals surface area contributed by atoms with Crippen LogP contribution < -0.4 is 20.3 Å². The lowest BCUT2D eigenvalue weighted by molar-refractivity contribution is 0.0895. The average Bonchev–Trinajstić information content (AvgIpc) is 3.36. The maximum absolute atomic E-state index is 13.0. The Morgan fingerprint density at radius 3 is 2.65 bits per heavy atom. The maximum atomic E-state index is 13.0. The van der Waals surface area contributed by atoms with Crippen LogP contribution in [-0.2, 0) is 11.3 Å².